The van der Waals surface area contributed by atoms with Crippen molar-refractivity contribution < 1.29 is 4.74 Å². The van der Waals surface area contributed by atoms with E-state index < -0.39 is 0 Å². The Morgan fingerprint density at radius 2 is 1.40 bits per heavy atom. The first-order valence-corrected chi connectivity index (χ1v) is 6.09. The predicted octanol–water partition coefficient (Wildman–Crippen LogP) is 4.30. The van der Waals surface area contributed by atoms with Gasteiger partial charge in [0.2, 0.25) is 0 Å². The maximum atomic E-state index is 8.85. The highest BCUT2D eigenvalue weighted by Gasteiger charge is 2.04. The van der Waals surface area contributed by atoms with Gasteiger partial charge in [0.25, 0.3) is 0 Å². The number of hydrogen-bond donors (Lipinski definition) is 0. The van der Waals surface area contributed by atoms with E-state index in [9.17, 15) is 0 Å². The summed E-state index contributed by atoms with van der Waals surface area (Å²) in [7, 11) is 0. The second kappa shape index (κ2) is 6.22. The van der Waals surface area contributed by atoms with Crippen LogP contribution in [-0.2, 0) is 0 Å². The summed E-state index contributed by atoms with van der Waals surface area (Å²) in [6, 6.07) is 20.6. The Morgan fingerprint density at radius 3 is 1.95 bits per heavy atom. The van der Waals surface area contributed by atoms with Gasteiger partial charge in [0.15, 0.2) is 0 Å². The zero-order valence-corrected chi connectivity index (χ0v) is 11.0. The van der Waals surface area contributed by atoms with Crippen molar-refractivity contribution in [1.29, 1.82) is 10.5 Å². The number of benzene rings is 2. The minimum Gasteiger partial charge on any atom is -0.457 e. The van der Waals surface area contributed by atoms with E-state index in [2.05, 4.69) is 0 Å². The molecule has 3 nitrogen and oxygen atoms in total. The van der Waals surface area contributed by atoms with E-state index in [-0.39, 0.29) is 5.57 Å². The van der Waals surface area contributed by atoms with Crippen molar-refractivity contribution in [1.82, 2.24) is 0 Å². The van der Waals surface area contributed by atoms with Crippen LogP contribution >= 0.6 is 0 Å². The lowest BCUT2D eigenvalue weighted by Gasteiger charge is -2.07. The lowest BCUT2D eigenvalue weighted by atomic mass is 10.0. The molecule has 0 bridgehead atoms. The van der Waals surface area contributed by atoms with E-state index in [0.717, 1.165) is 11.3 Å². The zero-order chi connectivity index (χ0) is 14.4. The maximum Gasteiger partial charge on any atom is 0.133 e. The molecule has 2 rings (SSSR count). The molecule has 0 aliphatic carbocycles. The van der Waals surface area contributed by atoms with E-state index in [1.807, 2.05) is 66.7 Å². The van der Waals surface area contributed by atoms with Crippen LogP contribution in [0.25, 0.3) is 5.57 Å². The van der Waals surface area contributed by atoms with E-state index in [0.29, 0.717) is 11.3 Å². The highest BCUT2D eigenvalue weighted by Crippen LogP contribution is 2.24. The smallest absolute Gasteiger partial charge is 0.133 e. The molecule has 2 aromatic rings. The van der Waals surface area contributed by atoms with Crippen LogP contribution in [0.2, 0.25) is 0 Å². The van der Waals surface area contributed by atoms with Crippen LogP contribution in [0.5, 0.6) is 11.5 Å². The summed E-state index contributed by atoms with van der Waals surface area (Å²) < 4.78 is 5.68. The van der Waals surface area contributed by atoms with Crippen LogP contribution in [0.1, 0.15) is 12.5 Å². The SMILES string of the molecule is CC(=C(C#N)C#N)c1ccc(Oc2ccccc2)cc1. The molecule has 3 heteroatoms. The lowest BCUT2D eigenvalue weighted by Crippen LogP contribution is -1.87. The fourth-order valence-corrected chi connectivity index (χ4v) is 1.73. The quantitative estimate of drug-likeness (QED) is 0.773. The maximum absolute atomic E-state index is 8.85. The molecule has 0 N–H and O–H groups in total. The molecule has 0 radical (unpaired) electrons. The second-order valence-corrected chi connectivity index (χ2v) is 4.16. The van der Waals surface area contributed by atoms with Crippen LogP contribution in [0, 0.1) is 22.7 Å². The van der Waals surface area contributed by atoms with E-state index in [4.69, 9.17) is 15.3 Å². The molecule has 0 aliphatic rings. The Hall–Kier alpha value is -3.04. The van der Waals surface area contributed by atoms with Gasteiger partial charge in [-0.2, -0.15) is 10.5 Å². The van der Waals surface area contributed by atoms with Crippen LogP contribution in [0.3, 0.4) is 0 Å². The minimum atomic E-state index is 0.127. The molecule has 0 aliphatic heterocycles. The first-order valence-electron chi connectivity index (χ1n) is 6.09. The van der Waals surface area contributed by atoms with Gasteiger partial charge in [-0.1, -0.05) is 30.3 Å². The number of ether oxygens (including phenoxy) is 1. The van der Waals surface area contributed by atoms with Gasteiger partial charge in [-0.15, -0.1) is 0 Å². The Labute approximate surface area is 118 Å². The van der Waals surface area contributed by atoms with Gasteiger partial charge in [0, 0.05) is 0 Å². The fourth-order valence-electron chi connectivity index (χ4n) is 1.73. The number of rotatable bonds is 3. The van der Waals surface area contributed by atoms with Crippen LogP contribution in [-0.4, -0.2) is 0 Å². The van der Waals surface area contributed by atoms with Gasteiger partial charge in [0.05, 0.1) is 0 Å². The first kappa shape index (κ1) is 13.4. The molecule has 0 aromatic heterocycles. The number of para-hydroxylation sites is 1. The number of nitrogens with zero attached hydrogens (tertiary/aromatic N) is 2. The highest BCUT2D eigenvalue weighted by atomic mass is 16.5. The molecule has 0 saturated heterocycles. The molecule has 20 heavy (non-hydrogen) atoms. The largest absolute Gasteiger partial charge is 0.457 e. The summed E-state index contributed by atoms with van der Waals surface area (Å²) in [4.78, 5) is 0. The Bertz CT molecular complexity index is 685. The third-order valence-electron chi connectivity index (χ3n) is 2.86. The topological polar surface area (TPSA) is 56.8 Å². The molecule has 0 unspecified atom stereocenters. The molecule has 96 valence electrons. The highest BCUT2D eigenvalue weighted by molar-refractivity contribution is 5.73. The monoisotopic (exact) mass is 260 g/mol. The van der Waals surface area contributed by atoms with Crippen LogP contribution in [0.4, 0.5) is 0 Å². The normalized spacial score (nSPS) is 9.15. The van der Waals surface area contributed by atoms with Crippen molar-refractivity contribution in [2.24, 2.45) is 0 Å². The molecule has 0 atom stereocenters. The summed E-state index contributed by atoms with van der Waals surface area (Å²) in [6.07, 6.45) is 0. The second-order valence-electron chi connectivity index (χ2n) is 4.16. The molecule has 2 aromatic carbocycles. The average Bonchev–Trinajstić information content (AvgIpc) is 2.50. The van der Waals surface area contributed by atoms with Crippen molar-refractivity contribution in [3.8, 4) is 23.6 Å². The zero-order valence-electron chi connectivity index (χ0n) is 11.0. The third-order valence-corrected chi connectivity index (χ3v) is 2.86. The molecule has 0 amide bonds. The lowest BCUT2D eigenvalue weighted by molar-refractivity contribution is 0.482. The molecule has 0 saturated carbocycles. The van der Waals surface area contributed by atoms with Gasteiger partial charge >= 0.3 is 0 Å². The minimum absolute atomic E-state index is 0.127. The molecule has 0 heterocycles. The van der Waals surface area contributed by atoms with Crippen molar-refractivity contribution in [2.45, 2.75) is 6.92 Å². The summed E-state index contributed by atoms with van der Waals surface area (Å²) in [6.45, 7) is 1.76. The van der Waals surface area contributed by atoms with Gasteiger partial charge in [0.1, 0.15) is 29.2 Å². The van der Waals surface area contributed by atoms with Gasteiger partial charge < -0.3 is 4.74 Å². The van der Waals surface area contributed by atoms with Crippen molar-refractivity contribution in [3.05, 3.63) is 65.7 Å². The van der Waals surface area contributed by atoms with Crippen LogP contribution < -0.4 is 4.74 Å². The molecular formula is C17H12N2O. The summed E-state index contributed by atoms with van der Waals surface area (Å²) in [5.41, 5.74) is 1.63. The summed E-state index contributed by atoms with van der Waals surface area (Å²) in [5.74, 6) is 1.48. The molecule has 0 fully saturated rings. The van der Waals surface area contributed by atoms with Crippen molar-refractivity contribution in [3.63, 3.8) is 0 Å². The Morgan fingerprint density at radius 1 is 0.850 bits per heavy atom. The van der Waals surface area contributed by atoms with Gasteiger partial charge in [-0.25, -0.2) is 0 Å². The first-order chi connectivity index (χ1) is 9.74. The van der Waals surface area contributed by atoms with E-state index >= 15 is 0 Å². The van der Waals surface area contributed by atoms with Crippen molar-refractivity contribution >= 4 is 5.57 Å². The van der Waals surface area contributed by atoms with Gasteiger partial charge in [-0.05, 0) is 42.3 Å². The predicted molar refractivity (Wildman–Crippen MR) is 76.8 cm³/mol. The summed E-state index contributed by atoms with van der Waals surface area (Å²) >= 11 is 0. The fraction of sp³-hybridized carbons (Fsp3) is 0.0588. The van der Waals surface area contributed by atoms with E-state index in [1.165, 1.54) is 0 Å². The van der Waals surface area contributed by atoms with Gasteiger partial charge in [-0.3, -0.25) is 0 Å². The molecule has 0 spiro atoms. The third kappa shape index (κ3) is 3.04. The van der Waals surface area contributed by atoms with E-state index in [1.54, 1.807) is 6.92 Å². The standard InChI is InChI=1S/C17H12N2O/c1-13(15(11-18)12-19)14-7-9-17(10-8-14)20-16-5-3-2-4-6-16/h2-10H,1H3. The number of allylic oxidation sites excluding steroid dienone is 2. The molecular weight excluding hydrogens is 248 g/mol. The van der Waals surface area contributed by atoms with Crippen LogP contribution in [0.15, 0.2) is 60.2 Å². The number of hydrogen-bond acceptors (Lipinski definition) is 3. The Balaban J connectivity index is 2.22. The van der Waals surface area contributed by atoms with Crippen molar-refractivity contribution in [2.75, 3.05) is 0 Å². The Kier molecular flexibility index (Phi) is 4.17. The number of nitriles is 2. The summed E-state index contributed by atoms with van der Waals surface area (Å²) in [5, 5.41) is 17.7. The average molecular weight is 260 g/mol.